The number of likely N-dealkylation sites (tertiary alicyclic amines) is 1. The Morgan fingerprint density at radius 3 is 2.64 bits per heavy atom. The van der Waals surface area contributed by atoms with Gasteiger partial charge in [0.2, 0.25) is 11.8 Å². The Morgan fingerprint density at radius 2 is 2.09 bits per heavy atom. The van der Waals surface area contributed by atoms with Crippen molar-refractivity contribution in [1.29, 1.82) is 0 Å². The zero-order chi connectivity index (χ0) is 16.7. The van der Waals surface area contributed by atoms with E-state index in [4.69, 9.17) is 5.21 Å². The highest BCUT2D eigenvalue weighted by atomic mass is 19.1. The first-order valence-corrected chi connectivity index (χ1v) is 7.58. The van der Waals surface area contributed by atoms with Gasteiger partial charge < -0.3 is 10.2 Å². The van der Waals surface area contributed by atoms with E-state index in [1.165, 1.54) is 17.4 Å². The van der Waals surface area contributed by atoms with Crippen LogP contribution in [0.1, 0.15) is 39.0 Å². The van der Waals surface area contributed by atoms with E-state index in [0.29, 0.717) is 25.8 Å². The minimum absolute atomic E-state index is 0.195. The first kappa shape index (κ1) is 18.3. The lowest BCUT2D eigenvalue weighted by molar-refractivity contribution is -0.148. The predicted octanol–water partition coefficient (Wildman–Crippen LogP) is 0.373. The summed E-state index contributed by atoms with van der Waals surface area (Å²) in [7, 11) is 1.48. The second-order valence-electron chi connectivity index (χ2n) is 5.43. The number of alkyl halides is 1. The molecule has 126 valence electrons. The summed E-state index contributed by atoms with van der Waals surface area (Å²) in [6.45, 7) is 2.26. The van der Waals surface area contributed by atoms with Gasteiger partial charge in [-0.2, -0.15) is 0 Å². The van der Waals surface area contributed by atoms with E-state index >= 15 is 0 Å². The molecule has 0 saturated carbocycles. The number of unbranched alkanes of at least 4 members (excludes halogenated alkanes) is 1. The number of rotatable bonds is 7. The van der Waals surface area contributed by atoms with Crippen LogP contribution in [0.2, 0.25) is 0 Å². The molecule has 0 radical (unpaired) electrons. The maximum absolute atomic E-state index is 14.2. The maximum atomic E-state index is 14.2. The molecule has 0 aromatic heterocycles. The van der Waals surface area contributed by atoms with E-state index in [1.54, 1.807) is 0 Å². The fourth-order valence-electron chi connectivity index (χ4n) is 2.75. The van der Waals surface area contributed by atoms with Gasteiger partial charge in [0.1, 0.15) is 6.04 Å². The SMILES string of the molecule is CCCC[C@@H](C(=O)N1CCCC1C(=O)NC)[C@@H](F)C(=O)NO. The first-order valence-electron chi connectivity index (χ1n) is 7.58. The Balaban J connectivity index is 2.90. The van der Waals surface area contributed by atoms with Gasteiger partial charge in [0.15, 0.2) is 6.17 Å². The van der Waals surface area contributed by atoms with E-state index in [0.717, 1.165) is 6.42 Å². The third kappa shape index (κ3) is 4.16. The van der Waals surface area contributed by atoms with Crippen molar-refractivity contribution >= 4 is 17.7 Å². The molecule has 1 rings (SSSR count). The third-order valence-electron chi connectivity index (χ3n) is 3.98. The molecule has 3 N–H and O–H groups in total. The van der Waals surface area contributed by atoms with Crippen LogP contribution in [0.5, 0.6) is 0 Å². The van der Waals surface area contributed by atoms with E-state index in [1.807, 2.05) is 6.92 Å². The van der Waals surface area contributed by atoms with Crippen LogP contribution >= 0.6 is 0 Å². The normalized spacial score (nSPS) is 20.4. The molecule has 1 heterocycles. The topological polar surface area (TPSA) is 98.7 Å². The zero-order valence-electron chi connectivity index (χ0n) is 13.0. The Kier molecular flexibility index (Phi) is 7.23. The molecule has 22 heavy (non-hydrogen) atoms. The molecule has 0 spiro atoms. The molecular formula is C14H24FN3O4. The van der Waals surface area contributed by atoms with Crippen LogP contribution in [-0.4, -0.2) is 53.6 Å². The Bertz CT molecular complexity index is 419. The number of hydrogen-bond donors (Lipinski definition) is 3. The number of hydroxylamine groups is 1. The molecule has 1 saturated heterocycles. The van der Waals surface area contributed by atoms with Crippen molar-refractivity contribution in [2.75, 3.05) is 13.6 Å². The minimum Gasteiger partial charge on any atom is -0.357 e. The van der Waals surface area contributed by atoms with Crippen molar-refractivity contribution in [3.63, 3.8) is 0 Å². The zero-order valence-corrected chi connectivity index (χ0v) is 13.0. The molecular weight excluding hydrogens is 293 g/mol. The molecule has 1 fully saturated rings. The summed E-state index contributed by atoms with van der Waals surface area (Å²) >= 11 is 0. The van der Waals surface area contributed by atoms with Crippen LogP contribution in [0.15, 0.2) is 0 Å². The number of nitrogens with one attached hydrogen (secondary N) is 2. The van der Waals surface area contributed by atoms with Crippen LogP contribution in [-0.2, 0) is 14.4 Å². The minimum atomic E-state index is -2.13. The molecule has 1 unspecified atom stereocenters. The van der Waals surface area contributed by atoms with E-state index in [2.05, 4.69) is 5.32 Å². The van der Waals surface area contributed by atoms with E-state index < -0.39 is 29.9 Å². The number of carbonyl (C=O) groups is 3. The van der Waals surface area contributed by atoms with Crippen LogP contribution in [0.25, 0.3) is 0 Å². The van der Waals surface area contributed by atoms with Crippen LogP contribution in [0, 0.1) is 5.92 Å². The average Bonchev–Trinajstić information content (AvgIpc) is 3.02. The van der Waals surface area contributed by atoms with Gasteiger partial charge in [0, 0.05) is 13.6 Å². The summed E-state index contributed by atoms with van der Waals surface area (Å²) in [6.07, 6.45) is 0.572. The number of halogens is 1. The highest BCUT2D eigenvalue weighted by molar-refractivity contribution is 5.92. The number of hydrogen-bond acceptors (Lipinski definition) is 4. The van der Waals surface area contributed by atoms with Crippen molar-refractivity contribution in [2.45, 2.75) is 51.2 Å². The number of carbonyl (C=O) groups excluding carboxylic acids is 3. The van der Waals surface area contributed by atoms with Crippen molar-refractivity contribution in [2.24, 2.45) is 5.92 Å². The monoisotopic (exact) mass is 317 g/mol. The number of likely N-dealkylation sites (N-methyl/N-ethyl adjacent to an activating group) is 1. The molecule has 1 aliphatic heterocycles. The Labute approximate surface area is 129 Å². The Morgan fingerprint density at radius 1 is 1.41 bits per heavy atom. The van der Waals surface area contributed by atoms with Gasteiger partial charge in [0.25, 0.3) is 5.91 Å². The molecule has 3 amide bonds. The predicted molar refractivity (Wildman–Crippen MR) is 76.6 cm³/mol. The second-order valence-corrected chi connectivity index (χ2v) is 5.43. The lowest BCUT2D eigenvalue weighted by atomic mass is 9.94. The summed E-state index contributed by atoms with van der Waals surface area (Å²) in [6, 6.07) is -0.619. The number of amides is 3. The number of nitrogens with zero attached hydrogens (tertiary/aromatic N) is 1. The Hall–Kier alpha value is -1.70. The largest absolute Gasteiger partial charge is 0.357 e. The van der Waals surface area contributed by atoms with Gasteiger partial charge in [-0.15, -0.1) is 0 Å². The van der Waals surface area contributed by atoms with Gasteiger partial charge in [-0.1, -0.05) is 19.8 Å². The molecule has 0 bridgehead atoms. The molecule has 0 aromatic rings. The molecule has 7 nitrogen and oxygen atoms in total. The van der Waals surface area contributed by atoms with Gasteiger partial charge >= 0.3 is 0 Å². The van der Waals surface area contributed by atoms with Gasteiger partial charge in [-0.25, -0.2) is 9.87 Å². The fraction of sp³-hybridized carbons (Fsp3) is 0.786. The summed E-state index contributed by atoms with van der Waals surface area (Å²) in [5, 5.41) is 11.1. The van der Waals surface area contributed by atoms with Crippen molar-refractivity contribution in [3.8, 4) is 0 Å². The van der Waals surface area contributed by atoms with Crippen molar-refractivity contribution in [1.82, 2.24) is 15.7 Å². The van der Waals surface area contributed by atoms with Crippen molar-refractivity contribution in [3.05, 3.63) is 0 Å². The first-order chi connectivity index (χ1) is 10.5. The van der Waals surface area contributed by atoms with E-state index in [9.17, 15) is 18.8 Å². The highest BCUT2D eigenvalue weighted by Gasteiger charge is 2.41. The molecule has 3 atom stereocenters. The molecule has 0 aliphatic carbocycles. The quantitative estimate of drug-likeness (QED) is 0.467. The lowest BCUT2D eigenvalue weighted by Crippen LogP contribution is -2.50. The van der Waals surface area contributed by atoms with Crippen LogP contribution in [0.4, 0.5) is 4.39 Å². The molecule has 1 aliphatic rings. The van der Waals surface area contributed by atoms with Gasteiger partial charge in [0.05, 0.1) is 5.92 Å². The maximum Gasteiger partial charge on any atom is 0.278 e. The van der Waals surface area contributed by atoms with Crippen LogP contribution in [0.3, 0.4) is 0 Å². The average molecular weight is 317 g/mol. The second kappa shape index (κ2) is 8.67. The van der Waals surface area contributed by atoms with Gasteiger partial charge in [-0.05, 0) is 19.3 Å². The van der Waals surface area contributed by atoms with Crippen LogP contribution < -0.4 is 10.8 Å². The highest BCUT2D eigenvalue weighted by Crippen LogP contribution is 2.25. The summed E-state index contributed by atoms with van der Waals surface area (Å²) in [5.74, 6) is -3.25. The van der Waals surface area contributed by atoms with Gasteiger partial charge in [-0.3, -0.25) is 19.6 Å². The summed E-state index contributed by atoms with van der Waals surface area (Å²) < 4.78 is 14.2. The fourth-order valence-corrected chi connectivity index (χ4v) is 2.75. The standard InChI is InChI=1S/C14H24FN3O4/c1-3-4-6-9(11(15)13(20)17-22)14(21)18-8-5-7-10(18)12(19)16-2/h9-11,22H,3-8H2,1-2H3,(H,16,19)(H,17,20)/t9-,10?,11-/m1/s1. The third-order valence-corrected chi connectivity index (χ3v) is 3.98. The summed E-state index contributed by atoms with van der Waals surface area (Å²) in [4.78, 5) is 37.1. The smallest absolute Gasteiger partial charge is 0.278 e. The molecule has 0 aromatic carbocycles. The summed E-state index contributed by atoms with van der Waals surface area (Å²) in [5.41, 5.74) is 1.25. The molecule has 8 heteroatoms. The van der Waals surface area contributed by atoms with E-state index in [-0.39, 0.29) is 12.3 Å². The lowest BCUT2D eigenvalue weighted by Gasteiger charge is -2.29. The van der Waals surface area contributed by atoms with Crippen molar-refractivity contribution < 1.29 is 24.0 Å².